The minimum absolute atomic E-state index is 0.858. The zero-order valence-electron chi connectivity index (χ0n) is 19.0. The molecule has 0 N–H and O–H groups in total. The Balaban J connectivity index is 1.45. The second-order valence-corrected chi connectivity index (χ2v) is 9.38. The van der Waals surface area contributed by atoms with Crippen LogP contribution in [0.25, 0.3) is 0 Å². The summed E-state index contributed by atoms with van der Waals surface area (Å²) in [6, 6.07) is 9.35. The molecule has 1 aromatic rings. The molecule has 0 saturated heterocycles. The summed E-state index contributed by atoms with van der Waals surface area (Å²) in [5.41, 5.74) is 3.35. The Morgan fingerprint density at radius 2 is 1.11 bits per heavy atom. The molecule has 0 radical (unpaired) electrons. The summed E-state index contributed by atoms with van der Waals surface area (Å²) in [6.07, 6.45) is 28.8. The van der Waals surface area contributed by atoms with Crippen molar-refractivity contribution in [3.05, 3.63) is 35.4 Å². The number of aryl methyl sites for hydroxylation is 1. The molecule has 0 spiro atoms. The van der Waals surface area contributed by atoms with Crippen LogP contribution in [-0.2, 0) is 6.42 Å². The van der Waals surface area contributed by atoms with E-state index in [0.29, 0.717) is 0 Å². The minimum Gasteiger partial charge on any atom is -0.0654 e. The van der Waals surface area contributed by atoms with Crippen molar-refractivity contribution in [2.24, 2.45) is 0 Å². The fourth-order valence-corrected chi connectivity index (χ4v) is 5.08. The van der Waals surface area contributed by atoms with Crippen LogP contribution in [0.1, 0.15) is 146 Å². The normalized spacial score (nSPS) is 15.2. The summed E-state index contributed by atoms with van der Waals surface area (Å²) in [5, 5.41) is 0. The second kappa shape index (κ2) is 16.1. The lowest BCUT2D eigenvalue weighted by Crippen LogP contribution is -2.07. The van der Waals surface area contributed by atoms with Crippen molar-refractivity contribution < 1.29 is 0 Å². The van der Waals surface area contributed by atoms with Crippen molar-refractivity contribution in [1.29, 1.82) is 0 Å². The third-order valence-corrected chi connectivity index (χ3v) is 6.90. The summed E-state index contributed by atoms with van der Waals surface area (Å²) in [5.74, 6) is 0.858. The molecule has 0 bridgehead atoms. The lowest BCUT2D eigenvalue weighted by Gasteiger charge is -2.24. The van der Waals surface area contributed by atoms with Crippen LogP contribution < -0.4 is 0 Å². The second-order valence-electron chi connectivity index (χ2n) is 9.38. The summed E-state index contributed by atoms with van der Waals surface area (Å²) in [7, 11) is 0. The van der Waals surface area contributed by atoms with Crippen LogP contribution in [0.4, 0.5) is 0 Å². The number of rotatable bonds is 16. The molecule has 0 aromatic heterocycles. The summed E-state index contributed by atoms with van der Waals surface area (Å²) < 4.78 is 0. The van der Waals surface area contributed by atoms with Crippen molar-refractivity contribution >= 4 is 0 Å². The predicted octanol–water partition coefficient (Wildman–Crippen LogP) is 9.76. The van der Waals surface area contributed by atoms with E-state index in [-0.39, 0.29) is 0 Å². The highest BCUT2D eigenvalue weighted by atomic mass is 14.2. The first-order valence-corrected chi connectivity index (χ1v) is 13.0. The van der Waals surface area contributed by atoms with E-state index in [9.17, 15) is 0 Å². The van der Waals surface area contributed by atoms with E-state index in [0.717, 1.165) is 5.92 Å². The highest BCUT2D eigenvalue weighted by molar-refractivity contribution is 5.30. The van der Waals surface area contributed by atoms with E-state index in [1.54, 1.807) is 11.1 Å². The van der Waals surface area contributed by atoms with E-state index in [4.69, 9.17) is 0 Å². The number of hydrogen-bond donors (Lipinski definition) is 0. The van der Waals surface area contributed by atoms with Crippen LogP contribution in [0.5, 0.6) is 0 Å². The number of hydrogen-bond acceptors (Lipinski definition) is 0. The van der Waals surface area contributed by atoms with Crippen LogP contribution in [0.15, 0.2) is 24.3 Å². The Hall–Kier alpha value is -0.780. The van der Waals surface area contributed by atoms with Crippen molar-refractivity contribution in [2.75, 3.05) is 0 Å². The first-order chi connectivity index (χ1) is 13.9. The van der Waals surface area contributed by atoms with Gasteiger partial charge in [-0.3, -0.25) is 0 Å². The van der Waals surface area contributed by atoms with Gasteiger partial charge < -0.3 is 0 Å². The molecule has 0 unspecified atom stereocenters. The molecule has 0 amide bonds. The first kappa shape index (κ1) is 23.5. The van der Waals surface area contributed by atoms with Gasteiger partial charge in [-0.05, 0) is 42.7 Å². The highest BCUT2D eigenvalue weighted by Gasteiger charge is 2.17. The minimum atomic E-state index is 0.858. The molecule has 2 rings (SSSR count). The van der Waals surface area contributed by atoms with Gasteiger partial charge in [0.05, 0.1) is 0 Å². The van der Waals surface area contributed by atoms with Gasteiger partial charge in [-0.2, -0.15) is 0 Å². The lowest BCUT2D eigenvalue weighted by molar-refractivity contribution is 0.441. The molecular formula is C28H48. The molecule has 0 aliphatic heterocycles. The lowest BCUT2D eigenvalue weighted by atomic mass is 9.81. The Morgan fingerprint density at radius 1 is 0.607 bits per heavy atom. The fourth-order valence-electron chi connectivity index (χ4n) is 5.08. The quantitative estimate of drug-likeness (QED) is 0.249. The maximum atomic E-state index is 2.43. The summed E-state index contributed by atoms with van der Waals surface area (Å²) >= 11 is 0. The SMILES string of the molecule is CCCCCCCCCCCCCCCCc1ccccc1C1CCCCC1. The Kier molecular flexibility index (Phi) is 13.5. The topological polar surface area (TPSA) is 0 Å². The van der Waals surface area contributed by atoms with Crippen LogP contribution in [0.2, 0.25) is 0 Å². The van der Waals surface area contributed by atoms with Crippen LogP contribution in [0, 0.1) is 0 Å². The van der Waals surface area contributed by atoms with Crippen LogP contribution >= 0.6 is 0 Å². The van der Waals surface area contributed by atoms with Gasteiger partial charge in [-0.25, -0.2) is 0 Å². The van der Waals surface area contributed by atoms with Crippen molar-refractivity contribution in [1.82, 2.24) is 0 Å². The third-order valence-electron chi connectivity index (χ3n) is 6.90. The Morgan fingerprint density at radius 3 is 1.68 bits per heavy atom. The monoisotopic (exact) mass is 384 g/mol. The average molecular weight is 385 g/mol. The molecule has 1 aliphatic carbocycles. The van der Waals surface area contributed by atoms with Gasteiger partial charge in [0.2, 0.25) is 0 Å². The molecule has 160 valence electrons. The fraction of sp³-hybridized carbons (Fsp3) is 0.786. The molecule has 0 heteroatoms. The molecule has 0 atom stereocenters. The van der Waals surface area contributed by atoms with Gasteiger partial charge in [0.25, 0.3) is 0 Å². The van der Waals surface area contributed by atoms with Crippen LogP contribution in [0.3, 0.4) is 0 Å². The van der Waals surface area contributed by atoms with Gasteiger partial charge in [0, 0.05) is 0 Å². The Labute approximate surface area is 176 Å². The van der Waals surface area contributed by atoms with Gasteiger partial charge in [-0.15, -0.1) is 0 Å². The maximum Gasteiger partial charge on any atom is -0.0159 e. The van der Waals surface area contributed by atoms with Crippen molar-refractivity contribution in [2.45, 2.75) is 141 Å². The summed E-state index contributed by atoms with van der Waals surface area (Å²) in [6.45, 7) is 2.30. The maximum absolute atomic E-state index is 2.43. The standard InChI is InChI=1S/C28H48/c1-2-3-4-5-6-7-8-9-10-11-12-13-14-16-21-27-24-19-20-25-28(27)26-22-17-15-18-23-26/h19-20,24-26H,2-18,21-23H2,1H3. The van der Waals surface area contributed by atoms with Crippen molar-refractivity contribution in [3.8, 4) is 0 Å². The van der Waals surface area contributed by atoms with Gasteiger partial charge >= 0.3 is 0 Å². The van der Waals surface area contributed by atoms with Gasteiger partial charge in [0.15, 0.2) is 0 Å². The van der Waals surface area contributed by atoms with E-state index in [1.165, 1.54) is 128 Å². The van der Waals surface area contributed by atoms with Crippen molar-refractivity contribution in [3.63, 3.8) is 0 Å². The Bertz CT molecular complexity index is 469. The average Bonchev–Trinajstić information content (AvgIpc) is 2.75. The van der Waals surface area contributed by atoms with Gasteiger partial charge in [0.1, 0.15) is 0 Å². The summed E-state index contributed by atoms with van der Waals surface area (Å²) in [4.78, 5) is 0. The molecule has 0 heterocycles. The number of unbranched alkanes of at least 4 members (excludes halogenated alkanes) is 13. The molecule has 1 saturated carbocycles. The molecule has 1 aromatic carbocycles. The van der Waals surface area contributed by atoms with E-state index < -0.39 is 0 Å². The van der Waals surface area contributed by atoms with E-state index in [1.807, 2.05) is 0 Å². The first-order valence-electron chi connectivity index (χ1n) is 13.0. The largest absolute Gasteiger partial charge is 0.0654 e. The molecule has 28 heavy (non-hydrogen) atoms. The third kappa shape index (κ3) is 10.1. The predicted molar refractivity (Wildman–Crippen MR) is 126 cm³/mol. The molecular weight excluding hydrogens is 336 g/mol. The smallest absolute Gasteiger partial charge is 0.0159 e. The zero-order chi connectivity index (χ0) is 19.7. The number of benzene rings is 1. The van der Waals surface area contributed by atoms with E-state index >= 15 is 0 Å². The van der Waals surface area contributed by atoms with Crippen LogP contribution in [-0.4, -0.2) is 0 Å². The molecule has 1 fully saturated rings. The molecule has 1 aliphatic rings. The zero-order valence-corrected chi connectivity index (χ0v) is 19.0. The van der Waals surface area contributed by atoms with E-state index in [2.05, 4.69) is 31.2 Å². The molecule has 0 nitrogen and oxygen atoms in total. The highest BCUT2D eigenvalue weighted by Crippen LogP contribution is 2.34. The van der Waals surface area contributed by atoms with Gasteiger partial charge in [-0.1, -0.05) is 134 Å².